The van der Waals surface area contributed by atoms with Crippen LogP contribution in [-0.2, 0) is 0 Å². The summed E-state index contributed by atoms with van der Waals surface area (Å²) in [6.45, 7) is 7.02. The van der Waals surface area contributed by atoms with Gasteiger partial charge in [-0.1, -0.05) is 19.1 Å². The first-order valence-electron chi connectivity index (χ1n) is 6.21. The SMILES string of the molecule is CCSCCCOc1cc(C)ccc1C(C)N. The van der Waals surface area contributed by atoms with E-state index in [4.69, 9.17) is 10.5 Å². The molecule has 0 spiro atoms. The highest BCUT2D eigenvalue weighted by Crippen LogP contribution is 2.25. The molecule has 0 saturated carbocycles. The summed E-state index contributed by atoms with van der Waals surface area (Å²) < 4.78 is 5.83. The molecule has 0 aliphatic heterocycles. The Kier molecular flexibility index (Phi) is 6.45. The van der Waals surface area contributed by atoms with Crippen molar-refractivity contribution < 1.29 is 4.74 Å². The van der Waals surface area contributed by atoms with E-state index in [1.54, 1.807) is 0 Å². The van der Waals surface area contributed by atoms with Gasteiger partial charge in [-0.2, -0.15) is 11.8 Å². The van der Waals surface area contributed by atoms with Gasteiger partial charge in [0.05, 0.1) is 6.61 Å². The lowest BCUT2D eigenvalue weighted by molar-refractivity contribution is 0.314. The smallest absolute Gasteiger partial charge is 0.124 e. The van der Waals surface area contributed by atoms with Crippen LogP contribution in [-0.4, -0.2) is 18.1 Å². The predicted molar refractivity (Wildman–Crippen MR) is 76.9 cm³/mol. The van der Waals surface area contributed by atoms with Gasteiger partial charge in [-0.05, 0) is 43.4 Å². The van der Waals surface area contributed by atoms with Gasteiger partial charge >= 0.3 is 0 Å². The molecule has 1 aromatic rings. The molecule has 96 valence electrons. The van der Waals surface area contributed by atoms with E-state index in [1.807, 2.05) is 18.7 Å². The second kappa shape index (κ2) is 7.62. The van der Waals surface area contributed by atoms with Crippen LogP contribution in [0.3, 0.4) is 0 Å². The first-order chi connectivity index (χ1) is 8.15. The molecule has 0 aliphatic rings. The molecule has 0 aromatic heterocycles. The van der Waals surface area contributed by atoms with Crippen molar-refractivity contribution in [2.45, 2.75) is 33.2 Å². The van der Waals surface area contributed by atoms with Gasteiger partial charge in [0, 0.05) is 11.6 Å². The van der Waals surface area contributed by atoms with Gasteiger partial charge in [-0.15, -0.1) is 0 Å². The van der Waals surface area contributed by atoms with Crippen LogP contribution in [0, 0.1) is 6.92 Å². The zero-order chi connectivity index (χ0) is 12.7. The number of benzene rings is 1. The second-order valence-electron chi connectivity index (χ2n) is 4.23. The zero-order valence-corrected chi connectivity index (χ0v) is 11.8. The van der Waals surface area contributed by atoms with Crippen molar-refractivity contribution in [3.05, 3.63) is 29.3 Å². The van der Waals surface area contributed by atoms with Crippen molar-refractivity contribution in [1.29, 1.82) is 0 Å². The Balaban J connectivity index is 2.53. The Hall–Kier alpha value is -0.670. The van der Waals surface area contributed by atoms with Crippen LogP contribution in [0.5, 0.6) is 5.75 Å². The first-order valence-corrected chi connectivity index (χ1v) is 7.37. The van der Waals surface area contributed by atoms with Crippen LogP contribution < -0.4 is 10.5 Å². The van der Waals surface area contributed by atoms with E-state index in [0.29, 0.717) is 0 Å². The third kappa shape index (κ3) is 5.00. The van der Waals surface area contributed by atoms with Gasteiger partial charge in [-0.3, -0.25) is 0 Å². The highest BCUT2D eigenvalue weighted by atomic mass is 32.2. The van der Waals surface area contributed by atoms with Crippen LogP contribution in [0.25, 0.3) is 0 Å². The number of hydrogen-bond donors (Lipinski definition) is 1. The van der Waals surface area contributed by atoms with E-state index < -0.39 is 0 Å². The van der Waals surface area contributed by atoms with E-state index in [9.17, 15) is 0 Å². The molecule has 2 nitrogen and oxygen atoms in total. The molecule has 0 bridgehead atoms. The highest BCUT2D eigenvalue weighted by Gasteiger charge is 2.07. The molecule has 1 unspecified atom stereocenters. The summed E-state index contributed by atoms with van der Waals surface area (Å²) >= 11 is 1.95. The Labute approximate surface area is 109 Å². The normalized spacial score (nSPS) is 12.5. The van der Waals surface area contributed by atoms with E-state index >= 15 is 0 Å². The Morgan fingerprint density at radius 3 is 2.82 bits per heavy atom. The maximum Gasteiger partial charge on any atom is 0.124 e. The standard InChI is InChI=1S/C14H23NOS/c1-4-17-9-5-8-16-14-10-11(2)6-7-13(14)12(3)15/h6-7,10,12H,4-5,8-9,15H2,1-3H3. The average Bonchev–Trinajstić information content (AvgIpc) is 2.28. The second-order valence-corrected chi connectivity index (χ2v) is 5.62. The molecule has 0 aliphatic carbocycles. The lowest BCUT2D eigenvalue weighted by Gasteiger charge is -2.14. The summed E-state index contributed by atoms with van der Waals surface area (Å²) in [4.78, 5) is 0. The number of hydrogen-bond acceptors (Lipinski definition) is 3. The van der Waals surface area contributed by atoms with Crippen LogP contribution in [0.2, 0.25) is 0 Å². The van der Waals surface area contributed by atoms with Gasteiger partial charge in [-0.25, -0.2) is 0 Å². The minimum Gasteiger partial charge on any atom is -0.493 e. The monoisotopic (exact) mass is 253 g/mol. The molecule has 0 saturated heterocycles. The van der Waals surface area contributed by atoms with Gasteiger partial charge in [0.1, 0.15) is 5.75 Å². The fourth-order valence-corrected chi connectivity index (χ4v) is 2.24. The maximum atomic E-state index is 5.93. The van der Waals surface area contributed by atoms with Gasteiger partial charge in [0.15, 0.2) is 0 Å². The van der Waals surface area contributed by atoms with Crippen molar-refractivity contribution in [3.63, 3.8) is 0 Å². The number of thioether (sulfide) groups is 1. The van der Waals surface area contributed by atoms with Crippen molar-refractivity contribution >= 4 is 11.8 Å². The number of nitrogens with two attached hydrogens (primary N) is 1. The van der Waals surface area contributed by atoms with Gasteiger partial charge < -0.3 is 10.5 Å². The summed E-state index contributed by atoms with van der Waals surface area (Å²) in [5, 5.41) is 0. The van der Waals surface area contributed by atoms with Crippen molar-refractivity contribution in [2.24, 2.45) is 5.73 Å². The molecule has 0 heterocycles. The number of ether oxygens (including phenoxy) is 1. The van der Waals surface area contributed by atoms with Crippen molar-refractivity contribution in [2.75, 3.05) is 18.1 Å². The minimum atomic E-state index is 0.0237. The Bertz CT molecular complexity index is 339. The maximum absolute atomic E-state index is 5.93. The summed E-state index contributed by atoms with van der Waals surface area (Å²) in [5.74, 6) is 3.28. The lowest BCUT2D eigenvalue weighted by Crippen LogP contribution is -2.09. The third-order valence-electron chi connectivity index (χ3n) is 2.55. The Morgan fingerprint density at radius 2 is 2.18 bits per heavy atom. The summed E-state index contributed by atoms with van der Waals surface area (Å²) in [6, 6.07) is 6.25. The molecule has 1 aromatic carbocycles. The minimum absolute atomic E-state index is 0.0237. The van der Waals surface area contributed by atoms with Crippen LogP contribution in [0.1, 0.15) is 37.4 Å². The average molecular weight is 253 g/mol. The van der Waals surface area contributed by atoms with Crippen LogP contribution >= 0.6 is 11.8 Å². The highest BCUT2D eigenvalue weighted by molar-refractivity contribution is 7.99. The number of rotatable bonds is 7. The largest absolute Gasteiger partial charge is 0.493 e. The van der Waals surface area contributed by atoms with Gasteiger partial charge in [0.2, 0.25) is 0 Å². The van der Waals surface area contributed by atoms with Crippen molar-refractivity contribution in [1.82, 2.24) is 0 Å². The molecule has 1 rings (SSSR count). The Morgan fingerprint density at radius 1 is 1.41 bits per heavy atom. The molecule has 1 atom stereocenters. The lowest BCUT2D eigenvalue weighted by atomic mass is 10.1. The molecule has 0 radical (unpaired) electrons. The van der Waals surface area contributed by atoms with E-state index in [-0.39, 0.29) is 6.04 Å². The quantitative estimate of drug-likeness (QED) is 0.755. The summed E-state index contributed by atoms with van der Waals surface area (Å²) in [5.41, 5.74) is 8.24. The van der Waals surface area contributed by atoms with Gasteiger partial charge in [0.25, 0.3) is 0 Å². The molecule has 17 heavy (non-hydrogen) atoms. The summed E-state index contributed by atoms with van der Waals surface area (Å²) in [6.07, 6.45) is 1.09. The zero-order valence-electron chi connectivity index (χ0n) is 11.0. The van der Waals surface area contributed by atoms with E-state index in [0.717, 1.165) is 30.1 Å². The van der Waals surface area contributed by atoms with E-state index in [2.05, 4.69) is 32.0 Å². The van der Waals surface area contributed by atoms with Crippen LogP contribution in [0.4, 0.5) is 0 Å². The molecule has 0 fully saturated rings. The molecule has 3 heteroatoms. The molecular formula is C14H23NOS. The molecule has 2 N–H and O–H groups in total. The van der Waals surface area contributed by atoms with Crippen molar-refractivity contribution in [3.8, 4) is 5.75 Å². The van der Waals surface area contributed by atoms with E-state index in [1.165, 1.54) is 11.3 Å². The fourth-order valence-electron chi connectivity index (χ4n) is 1.63. The first kappa shape index (κ1) is 14.4. The fraction of sp³-hybridized carbons (Fsp3) is 0.571. The number of aryl methyl sites for hydroxylation is 1. The predicted octanol–water partition coefficient (Wildman–Crippen LogP) is 3.54. The summed E-state index contributed by atoms with van der Waals surface area (Å²) in [7, 11) is 0. The van der Waals surface area contributed by atoms with Crippen LogP contribution in [0.15, 0.2) is 18.2 Å². The molecular weight excluding hydrogens is 230 g/mol. The third-order valence-corrected chi connectivity index (χ3v) is 3.54. The molecule has 0 amide bonds. The topological polar surface area (TPSA) is 35.2 Å².